The number of hydrogen-bond acceptors (Lipinski definition) is 4. The van der Waals surface area contributed by atoms with Crippen LogP contribution >= 0.6 is 0 Å². The fourth-order valence-corrected chi connectivity index (χ4v) is 3.32. The molecule has 0 aromatic rings. The predicted octanol–water partition coefficient (Wildman–Crippen LogP) is 0.0159. The number of carbonyl (C=O) groups is 3. The van der Waals surface area contributed by atoms with Gasteiger partial charge in [0.15, 0.2) is 0 Å². The number of nitrogens with one attached hydrogen (secondary N) is 1. The van der Waals surface area contributed by atoms with Gasteiger partial charge in [-0.3, -0.25) is 4.79 Å². The lowest BCUT2D eigenvalue weighted by atomic mass is 10.1. The Morgan fingerprint density at radius 1 is 1.08 bits per heavy atom. The van der Waals surface area contributed by atoms with Crippen LogP contribution in [-0.2, 0) is 9.53 Å². The van der Waals surface area contributed by atoms with Crippen molar-refractivity contribution in [3.05, 3.63) is 0 Å². The van der Waals surface area contributed by atoms with Crippen molar-refractivity contribution in [3.63, 3.8) is 0 Å². The molecule has 4 amide bonds. The summed E-state index contributed by atoms with van der Waals surface area (Å²) in [5.74, 6) is -0.269. The van der Waals surface area contributed by atoms with E-state index >= 15 is 0 Å². The monoisotopic (exact) mass is 342 g/mol. The molecule has 2 fully saturated rings. The highest BCUT2D eigenvalue weighted by Gasteiger charge is 2.38. The third kappa shape index (κ3) is 4.08. The number of nitrogens with zero attached hydrogens (tertiary/aromatic N) is 3. The maximum absolute atomic E-state index is 12.7. The molecule has 24 heavy (non-hydrogen) atoms. The lowest BCUT2D eigenvalue weighted by Crippen LogP contribution is -2.64. The molecule has 0 aromatic heterocycles. The van der Waals surface area contributed by atoms with Crippen molar-refractivity contribution in [1.29, 1.82) is 0 Å². The molecule has 9 nitrogen and oxygen atoms in total. The Kier molecular flexibility index (Phi) is 5.87. The third-order valence-corrected chi connectivity index (χ3v) is 4.44. The summed E-state index contributed by atoms with van der Waals surface area (Å²) >= 11 is 0. The second-order valence-corrected chi connectivity index (χ2v) is 6.40. The molecule has 0 radical (unpaired) electrons. The van der Waals surface area contributed by atoms with Crippen molar-refractivity contribution in [2.45, 2.75) is 38.9 Å². The van der Waals surface area contributed by atoms with Crippen molar-refractivity contribution < 1.29 is 24.2 Å². The van der Waals surface area contributed by atoms with Crippen LogP contribution in [0, 0.1) is 0 Å². The molecule has 0 bridgehead atoms. The average Bonchev–Trinajstić information content (AvgIpc) is 2.53. The summed E-state index contributed by atoms with van der Waals surface area (Å²) in [5.41, 5.74) is 0. The van der Waals surface area contributed by atoms with Crippen LogP contribution in [0.4, 0.5) is 9.59 Å². The summed E-state index contributed by atoms with van der Waals surface area (Å²) in [5, 5.41) is 10.9. The highest BCUT2D eigenvalue weighted by atomic mass is 16.5. The van der Waals surface area contributed by atoms with E-state index < -0.39 is 12.1 Å². The van der Waals surface area contributed by atoms with Gasteiger partial charge in [-0.05, 0) is 20.8 Å². The highest BCUT2D eigenvalue weighted by molar-refractivity contribution is 5.85. The van der Waals surface area contributed by atoms with E-state index in [9.17, 15) is 14.4 Å². The Morgan fingerprint density at radius 3 is 2.12 bits per heavy atom. The van der Waals surface area contributed by atoms with Crippen molar-refractivity contribution in [3.8, 4) is 0 Å². The SMILES string of the molecule is CC1CN(C(=O)[C@H](C)NC(=O)O)CC(C)N1C(=O)N1CCOCC1. The summed E-state index contributed by atoms with van der Waals surface area (Å²) in [6, 6.07) is -1.10. The minimum Gasteiger partial charge on any atom is -0.465 e. The van der Waals surface area contributed by atoms with Gasteiger partial charge in [0.25, 0.3) is 0 Å². The van der Waals surface area contributed by atoms with Gasteiger partial charge in [-0.25, -0.2) is 9.59 Å². The predicted molar refractivity (Wildman–Crippen MR) is 85.8 cm³/mol. The maximum atomic E-state index is 12.7. The quantitative estimate of drug-likeness (QED) is 0.736. The number of ether oxygens (including phenoxy) is 1. The van der Waals surface area contributed by atoms with E-state index in [0.717, 1.165) is 0 Å². The van der Waals surface area contributed by atoms with E-state index in [-0.39, 0.29) is 24.0 Å². The molecule has 2 rings (SSSR count). The van der Waals surface area contributed by atoms with Crippen LogP contribution in [-0.4, -0.2) is 95.4 Å². The van der Waals surface area contributed by atoms with E-state index in [1.807, 2.05) is 18.7 Å². The molecule has 9 heteroatoms. The van der Waals surface area contributed by atoms with Gasteiger partial charge in [0.1, 0.15) is 6.04 Å². The first-order valence-electron chi connectivity index (χ1n) is 8.24. The zero-order valence-electron chi connectivity index (χ0n) is 14.4. The summed E-state index contributed by atoms with van der Waals surface area (Å²) in [6.07, 6.45) is -1.22. The van der Waals surface area contributed by atoms with Gasteiger partial charge in [-0.1, -0.05) is 0 Å². The van der Waals surface area contributed by atoms with E-state index in [2.05, 4.69) is 5.32 Å². The van der Waals surface area contributed by atoms with E-state index in [0.29, 0.717) is 39.4 Å². The zero-order valence-corrected chi connectivity index (χ0v) is 14.4. The first kappa shape index (κ1) is 18.3. The third-order valence-electron chi connectivity index (χ3n) is 4.44. The van der Waals surface area contributed by atoms with Crippen molar-refractivity contribution in [2.75, 3.05) is 39.4 Å². The zero-order chi connectivity index (χ0) is 17.9. The molecule has 2 unspecified atom stereocenters. The molecule has 2 aliphatic heterocycles. The van der Waals surface area contributed by atoms with Crippen LogP contribution in [0.2, 0.25) is 0 Å². The number of piperazine rings is 1. The molecule has 0 aromatic carbocycles. The van der Waals surface area contributed by atoms with Crippen LogP contribution in [0.1, 0.15) is 20.8 Å². The summed E-state index contributed by atoms with van der Waals surface area (Å²) in [7, 11) is 0. The summed E-state index contributed by atoms with van der Waals surface area (Å²) in [6.45, 7) is 8.38. The largest absolute Gasteiger partial charge is 0.465 e. The van der Waals surface area contributed by atoms with Crippen LogP contribution in [0.15, 0.2) is 0 Å². The van der Waals surface area contributed by atoms with Gasteiger partial charge in [0, 0.05) is 38.3 Å². The Balaban J connectivity index is 1.99. The number of hydrogen-bond donors (Lipinski definition) is 2. The van der Waals surface area contributed by atoms with E-state index in [1.54, 1.807) is 9.80 Å². The van der Waals surface area contributed by atoms with Crippen LogP contribution in [0.25, 0.3) is 0 Å². The molecule has 0 spiro atoms. The van der Waals surface area contributed by atoms with Gasteiger partial charge in [0.2, 0.25) is 5.91 Å². The Morgan fingerprint density at radius 2 is 1.62 bits per heavy atom. The summed E-state index contributed by atoms with van der Waals surface area (Å²) < 4.78 is 5.28. The van der Waals surface area contributed by atoms with E-state index in [4.69, 9.17) is 9.84 Å². The molecular formula is C15H26N4O5. The number of rotatable bonds is 2. The lowest BCUT2D eigenvalue weighted by molar-refractivity contribution is -0.136. The second-order valence-electron chi connectivity index (χ2n) is 6.40. The number of morpholine rings is 1. The highest BCUT2D eigenvalue weighted by Crippen LogP contribution is 2.19. The first-order chi connectivity index (χ1) is 11.3. The number of carbonyl (C=O) groups excluding carboxylic acids is 2. The lowest BCUT2D eigenvalue weighted by Gasteiger charge is -2.46. The van der Waals surface area contributed by atoms with Gasteiger partial charge in [-0.15, -0.1) is 0 Å². The smallest absolute Gasteiger partial charge is 0.405 e. The number of amides is 4. The van der Waals surface area contributed by atoms with Crippen molar-refractivity contribution in [1.82, 2.24) is 20.0 Å². The fourth-order valence-electron chi connectivity index (χ4n) is 3.32. The van der Waals surface area contributed by atoms with Gasteiger partial charge >= 0.3 is 12.1 Å². The van der Waals surface area contributed by atoms with Gasteiger partial charge in [-0.2, -0.15) is 0 Å². The minimum absolute atomic E-state index is 0.0258. The Hall–Kier alpha value is -2.03. The van der Waals surface area contributed by atoms with Crippen LogP contribution < -0.4 is 5.32 Å². The minimum atomic E-state index is -1.22. The molecule has 2 aliphatic rings. The Bertz CT molecular complexity index is 482. The molecule has 0 aliphatic carbocycles. The molecule has 3 atom stereocenters. The normalized spacial score (nSPS) is 26.0. The standard InChI is InChI=1S/C15H26N4O5/c1-10-8-18(13(20)12(3)16-14(21)22)9-11(2)19(10)15(23)17-4-6-24-7-5-17/h10-12,16H,4-9H2,1-3H3,(H,21,22)/t10?,11?,12-/m0/s1. The average molecular weight is 342 g/mol. The molecule has 2 saturated heterocycles. The number of carboxylic acid groups (broad SMARTS) is 1. The molecular weight excluding hydrogens is 316 g/mol. The van der Waals surface area contributed by atoms with Crippen LogP contribution in [0.3, 0.4) is 0 Å². The second kappa shape index (κ2) is 7.69. The van der Waals surface area contributed by atoms with Crippen molar-refractivity contribution in [2.24, 2.45) is 0 Å². The fraction of sp³-hybridized carbons (Fsp3) is 0.800. The molecule has 2 N–H and O–H groups in total. The maximum Gasteiger partial charge on any atom is 0.405 e. The molecule has 2 heterocycles. The summed E-state index contributed by atoms with van der Waals surface area (Å²) in [4.78, 5) is 41.0. The first-order valence-corrected chi connectivity index (χ1v) is 8.24. The Labute approximate surface area is 141 Å². The van der Waals surface area contributed by atoms with Gasteiger partial charge in [0.05, 0.1) is 13.2 Å². The number of urea groups is 1. The van der Waals surface area contributed by atoms with Crippen LogP contribution in [0.5, 0.6) is 0 Å². The van der Waals surface area contributed by atoms with E-state index in [1.165, 1.54) is 6.92 Å². The molecule has 0 saturated carbocycles. The van der Waals surface area contributed by atoms with Crippen molar-refractivity contribution >= 4 is 18.0 Å². The van der Waals surface area contributed by atoms with Gasteiger partial charge < -0.3 is 29.9 Å². The topological polar surface area (TPSA) is 102 Å². The molecule has 136 valence electrons.